The van der Waals surface area contributed by atoms with Crippen LogP contribution in [0.25, 0.3) is 10.8 Å². The van der Waals surface area contributed by atoms with Crippen molar-refractivity contribution >= 4 is 39.8 Å². The van der Waals surface area contributed by atoms with Gasteiger partial charge >= 0.3 is 13.1 Å². The van der Waals surface area contributed by atoms with Crippen LogP contribution >= 0.6 is 0 Å². The molecule has 172 valence electrons. The van der Waals surface area contributed by atoms with Crippen LogP contribution in [-0.2, 0) is 14.8 Å². The molecule has 0 bridgehead atoms. The first-order chi connectivity index (χ1) is 15.2. The number of carbonyl (C=O) groups is 1. The zero-order valence-electron chi connectivity index (χ0n) is 17.4. The molecule has 2 rings (SSSR count). The Morgan fingerprint density at radius 2 is 1.91 bits per heavy atom. The molecule has 0 saturated carbocycles. The van der Waals surface area contributed by atoms with Gasteiger partial charge in [-0.05, 0) is 31.2 Å². The number of nitroso groups, excluding NO2 is 1. The summed E-state index contributed by atoms with van der Waals surface area (Å²) < 4.78 is 28.6. The predicted octanol–water partition coefficient (Wildman–Crippen LogP) is -2.55. The summed E-state index contributed by atoms with van der Waals surface area (Å²) in [6.45, 7) is 1.58. The van der Waals surface area contributed by atoms with E-state index in [0.717, 1.165) is 5.39 Å². The van der Waals surface area contributed by atoms with E-state index in [-0.39, 0.29) is 30.2 Å². The third-order valence-corrected chi connectivity index (χ3v) is 6.15. The second-order valence-electron chi connectivity index (χ2n) is 7.05. The highest BCUT2D eigenvalue weighted by Crippen LogP contribution is 2.23. The number of amides is 1. The van der Waals surface area contributed by atoms with E-state index in [1.54, 1.807) is 36.4 Å². The molecule has 1 amide bonds. The van der Waals surface area contributed by atoms with Crippen molar-refractivity contribution in [3.8, 4) is 0 Å². The lowest BCUT2D eigenvalue weighted by Gasteiger charge is -2.21. The van der Waals surface area contributed by atoms with Crippen LogP contribution < -0.4 is 26.2 Å². The molecule has 12 nitrogen and oxygen atoms in total. The van der Waals surface area contributed by atoms with E-state index >= 15 is 0 Å². The summed E-state index contributed by atoms with van der Waals surface area (Å²) in [5.74, 6) is -1.83. The molecule has 2 aromatic rings. The number of benzene rings is 2. The molecule has 0 aliphatic rings. The van der Waals surface area contributed by atoms with Crippen molar-refractivity contribution in [2.24, 2.45) is 11.0 Å². The minimum atomic E-state index is -4.10. The van der Waals surface area contributed by atoms with Gasteiger partial charge in [-0.3, -0.25) is 15.5 Å². The molecule has 0 saturated heterocycles. The largest absolute Gasteiger partial charge is 0.475 e. The molecule has 0 spiro atoms. The molecular formula is C18H26BN6O6S+. The topological polar surface area (TPSA) is 197 Å². The van der Waals surface area contributed by atoms with Gasteiger partial charge in [0.15, 0.2) is 0 Å². The Balaban J connectivity index is 2.24. The lowest BCUT2D eigenvalue weighted by molar-refractivity contribution is -0.461. The second kappa shape index (κ2) is 11.5. The molecule has 32 heavy (non-hydrogen) atoms. The van der Waals surface area contributed by atoms with Gasteiger partial charge in [-0.1, -0.05) is 36.4 Å². The predicted molar refractivity (Wildman–Crippen MR) is 119 cm³/mol. The number of guanidine groups is 1. The van der Waals surface area contributed by atoms with Crippen LogP contribution in [0.3, 0.4) is 0 Å². The van der Waals surface area contributed by atoms with Crippen LogP contribution in [0.1, 0.15) is 19.8 Å². The summed E-state index contributed by atoms with van der Waals surface area (Å²) in [6.07, 6.45) is 0.340. The third kappa shape index (κ3) is 6.98. The Labute approximate surface area is 185 Å². The van der Waals surface area contributed by atoms with Crippen molar-refractivity contribution in [1.29, 1.82) is 0 Å². The summed E-state index contributed by atoms with van der Waals surface area (Å²) in [5.41, 5.74) is 7.42. The summed E-state index contributed by atoms with van der Waals surface area (Å²) in [6, 6.07) is 10.6. The molecule has 0 radical (unpaired) electrons. The molecule has 1 unspecified atom stereocenters. The monoisotopic (exact) mass is 465 g/mol. The SMILES string of the molecule is CC(NC(=O)[C@H](CCC[NH+]=C(N)NN=O)NS(=O)(=O)c1cccc2ccccc12)B(O)O. The van der Waals surface area contributed by atoms with Crippen molar-refractivity contribution in [3.05, 3.63) is 47.4 Å². The first kappa shape index (κ1) is 25.2. The molecule has 2 atom stereocenters. The van der Waals surface area contributed by atoms with Crippen molar-refractivity contribution in [3.63, 3.8) is 0 Å². The summed E-state index contributed by atoms with van der Waals surface area (Å²) in [5, 5.41) is 24.5. The van der Waals surface area contributed by atoms with E-state index in [0.29, 0.717) is 5.39 Å². The van der Waals surface area contributed by atoms with Gasteiger partial charge < -0.3 is 15.4 Å². The van der Waals surface area contributed by atoms with Gasteiger partial charge in [-0.15, -0.1) is 10.3 Å². The Morgan fingerprint density at radius 3 is 2.59 bits per heavy atom. The van der Waals surface area contributed by atoms with E-state index in [9.17, 15) is 28.2 Å². The quantitative estimate of drug-likeness (QED) is 0.0470. The Morgan fingerprint density at radius 1 is 1.22 bits per heavy atom. The molecule has 0 aliphatic heterocycles. The summed E-state index contributed by atoms with van der Waals surface area (Å²) in [7, 11) is -5.92. The number of nitrogens with one attached hydrogen (secondary N) is 4. The van der Waals surface area contributed by atoms with Gasteiger partial charge in [0.1, 0.15) is 11.3 Å². The highest BCUT2D eigenvalue weighted by atomic mass is 32.2. The number of hydrogen-bond acceptors (Lipinski definition) is 7. The van der Waals surface area contributed by atoms with Gasteiger partial charge in [0, 0.05) is 5.39 Å². The fourth-order valence-electron chi connectivity index (χ4n) is 2.94. The smallest absolute Gasteiger partial charge is 0.426 e. The maximum Gasteiger partial charge on any atom is 0.475 e. The molecule has 14 heteroatoms. The second-order valence-corrected chi connectivity index (χ2v) is 8.73. The van der Waals surface area contributed by atoms with Gasteiger partial charge in [0.2, 0.25) is 15.9 Å². The zero-order valence-corrected chi connectivity index (χ0v) is 18.2. The first-order valence-electron chi connectivity index (χ1n) is 9.77. The summed E-state index contributed by atoms with van der Waals surface area (Å²) >= 11 is 0. The number of fused-ring (bicyclic) bond motifs is 1. The fourth-order valence-corrected chi connectivity index (χ4v) is 4.40. The van der Waals surface area contributed by atoms with E-state index < -0.39 is 35.0 Å². The Kier molecular flexibility index (Phi) is 9.07. The van der Waals surface area contributed by atoms with E-state index in [1.165, 1.54) is 13.0 Å². The molecular weight excluding hydrogens is 439 g/mol. The fraction of sp³-hybridized carbons (Fsp3) is 0.333. The highest BCUT2D eigenvalue weighted by Gasteiger charge is 2.29. The number of nitrogens with zero attached hydrogens (tertiary/aromatic N) is 1. The van der Waals surface area contributed by atoms with Crippen LogP contribution in [0.15, 0.2) is 52.6 Å². The van der Waals surface area contributed by atoms with E-state index in [1.807, 2.05) is 5.43 Å². The zero-order chi connectivity index (χ0) is 23.7. The van der Waals surface area contributed by atoms with Crippen LogP contribution in [0.4, 0.5) is 0 Å². The van der Waals surface area contributed by atoms with Crippen molar-refractivity contribution < 1.29 is 28.3 Å². The molecule has 8 N–H and O–H groups in total. The molecule has 0 aliphatic carbocycles. The third-order valence-electron chi connectivity index (χ3n) is 4.62. The lowest BCUT2D eigenvalue weighted by atomic mass is 9.81. The van der Waals surface area contributed by atoms with Crippen LogP contribution in [0, 0.1) is 4.91 Å². The normalized spacial score (nSPS) is 13.9. The Bertz CT molecular complexity index is 1080. The van der Waals surface area contributed by atoms with Gasteiger partial charge in [-0.25, -0.2) is 8.42 Å². The number of rotatable bonds is 11. The van der Waals surface area contributed by atoms with Crippen molar-refractivity contribution in [2.75, 3.05) is 6.54 Å². The minimum Gasteiger partial charge on any atom is -0.426 e. The van der Waals surface area contributed by atoms with Crippen LogP contribution in [0.2, 0.25) is 0 Å². The van der Waals surface area contributed by atoms with Gasteiger partial charge in [0.05, 0.1) is 17.4 Å². The number of hydrogen-bond donors (Lipinski definition) is 7. The maximum atomic E-state index is 13.1. The van der Waals surface area contributed by atoms with Gasteiger partial charge in [0.25, 0.3) is 0 Å². The standard InChI is InChI=1S/C18H25BN6O6S/c1-12(19(27)28)22-17(26)15(9-5-11-21-18(20)23-25-29)24-32(30,31)16-10-4-7-13-6-2-3-8-14(13)16/h2-4,6-8,10,12,15,24,27-28H,5,9,11H2,1H3,(H,22,26)(H3,20,21,23,29)/p+1/t12?,15-/m0/s1. The average molecular weight is 465 g/mol. The number of nitrogens with two attached hydrogens (primary N) is 1. The molecule has 0 heterocycles. The number of sulfonamides is 1. The van der Waals surface area contributed by atoms with E-state index in [2.05, 4.69) is 20.3 Å². The molecule has 0 fully saturated rings. The highest BCUT2D eigenvalue weighted by molar-refractivity contribution is 7.89. The first-order valence-corrected chi connectivity index (χ1v) is 11.3. The summed E-state index contributed by atoms with van der Waals surface area (Å²) in [4.78, 5) is 25.5. The minimum absolute atomic E-state index is 0.0144. The molecule has 0 aromatic heterocycles. The van der Waals surface area contributed by atoms with E-state index in [4.69, 9.17) is 5.73 Å². The lowest BCUT2D eigenvalue weighted by Crippen LogP contribution is -2.78. The average Bonchev–Trinajstić information content (AvgIpc) is 2.75. The van der Waals surface area contributed by atoms with Crippen molar-refractivity contribution in [1.82, 2.24) is 15.5 Å². The number of carbonyl (C=O) groups excluding carboxylic acids is 1. The molecule has 2 aromatic carbocycles. The Hall–Kier alpha value is -3.07. The van der Waals surface area contributed by atoms with Crippen LogP contribution in [-0.4, -0.2) is 56.0 Å². The van der Waals surface area contributed by atoms with Crippen LogP contribution in [0.5, 0.6) is 0 Å². The van der Waals surface area contributed by atoms with Crippen molar-refractivity contribution in [2.45, 2.75) is 36.6 Å². The van der Waals surface area contributed by atoms with Gasteiger partial charge in [-0.2, -0.15) is 4.72 Å². The maximum absolute atomic E-state index is 13.1.